The minimum atomic E-state index is -0.917. The number of carboxylic acid groups (broad SMARTS) is 1. The minimum Gasteiger partial charge on any atom is -0.481 e. The molecule has 0 unspecified atom stereocenters. The number of amides is 1. The van der Waals surface area contributed by atoms with Gasteiger partial charge < -0.3 is 14.7 Å². The Balaban J connectivity index is 0.00000167. The summed E-state index contributed by atoms with van der Waals surface area (Å²) in [5.74, 6) is -0.363. The van der Waals surface area contributed by atoms with Crippen molar-refractivity contribution < 1.29 is 19.4 Å². The molecule has 1 fully saturated rings. The normalized spacial score (nSPS) is 16.1. The molecule has 7 heteroatoms. The number of carbonyl (C=O) groups is 2. The van der Waals surface area contributed by atoms with Crippen molar-refractivity contribution in [3.63, 3.8) is 0 Å². The van der Waals surface area contributed by atoms with Crippen LogP contribution in [0.3, 0.4) is 0 Å². The Hall–Kier alpha value is -3.38. The molecule has 1 amide bonds. The van der Waals surface area contributed by atoms with Gasteiger partial charge in [0.25, 0.3) is 5.91 Å². The van der Waals surface area contributed by atoms with Gasteiger partial charge in [0.15, 0.2) is 0 Å². The van der Waals surface area contributed by atoms with Gasteiger partial charge in [-0.15, -0.1) is 0 Å². The van der Waals surface area contributed by atoms with Gasteiger partial charge in [0, 0.05) is 30.4 Å². The van der Waals surface area contributed by atoms with Crippen molar-refractivity contribution in [1.82, 2.24) is 9.88 Å². The Morgan fingerprint density at radius 2 is 1.80 bits per heavy atom. The molecule has 0 bridgehead atoms. The van der Waals surface area contributed by atoms with E-state index >= 15 is 0 Å². The first-order valence-electron chi connectivity index (χ1n) is 11.9. The summed E-state index contributed by atoms with van der Waals surface area (Å²) in [4.78, 5) is 30.9. The maximum Gasteiger partial charge on any atom is 0.335 e. The first-order valence-corrected chi connectivity index (χ1v) is 12.2. The highest BCUT2D eigenvalue weighted by molar-refractivity contribution is 6.35. The molecular formula is C28H31ClN2O4. The van der Waals surface area contributed by atoms with Crippen LogP contribution in [0.25, 0.3) is 5.57 Å². The molecule has 1 N–H and O–H groups in total. The van der Waals surface area contributed by atoms with Gasteiger partial charge in [-0.3, -0.25) is 4.79 Å². The molecule has 1 aliphatic carbocycles. The Morgan fingerprint density at radius 3 is 2.43 bits per heavy atom. The maximum atomic E-state index is 13.2. The predicted molar refractivity (Wildman–Crippen MR) is 139 cm³/mol. The fraction of sp³-hybridized carbons (Fsp3) is 0.321. The molecule has 0 radical (unpaired) electrons. The van der Waals surface area contributed by atoms with E-state index in [2.05, 4.69) is 4.98 Å². The monoisotopic (exact) mass is 494 g/mol. The number of carboxylic acids is 1. The van der Waals surface area contributed by atoms with E-state index in [1.807, 2.05) is 44.2 Å². The number of ether oxygens (including phenoxy) is 1. The van der Waals surface area contributed by atoms with Crippen LogP contribution in [0.4, 0.5) is 0 Å². The molecule has 2 aliphatic rings. The summed E-state index contributed by atoms with van der Waals surface area (Å²) in [6.45, 7) is 5.11. The van der Waals surface area contributed by atoms with Crippen molar-refractivity contribution in [2.24, 2.45) is 0 Å². The highest BCUT2D eigenvalue weighted by Crippen LogP contribution is 2.33. The first-order chi connectivity index (χ1) is 17.0. The van der Waals surface area contributed by atoms with Crippen LogP contribution in [-0.2, 0) is 4.79 Å². The molecule has 0 spiro atoms. The van der Waals surface area contributed by atoms with Crippen LogP contribution in [0.5, 0.6) is 5.88 Å². The number of carbonyl (C=O) groups excluding carboxylic acids is 1. The third kappa shape index (κ3) is 6.20. The van der Waals surface area contributed by atoms with Gasteiger partial charge in [-0.05, 0) is 60.1 Å². The molecule has 4 rings (SSSR count). The molecule has 1 aromatic carbocycles. The second-order valence-corrected chi connectivity index (χ2v) is 8.48. The number of pyridine rings is 1. The van der Waals surface area contributed by atoms with E-state index in [4.69, 9.17) is 16.3 Å². The quantitative estimate of drug-likeness (QED) is 0.546. The number of allylic oxidation sites excluding steroid dienone is 4. The Labute approximate surface area is 211 Å². The summed E-state index contributed by atoms with van der Waals surface area (Å²) >= 11 is 6.49. The summed E-state index contributed by atoms with van der Waals surface area (Å²) in [6, 6.07) is 10.8. The molecule has 2 aromatic rings. The molecule has 184 valence electrons. The van der Waals surface area contributed by atoms with E-state index in [1.54, 1.807) is 42.5 Å². The highest BCUT2D eigenvalue weighted by Gasteiger charge is 2.28. The number of hydrogen-bond donors (Lipinski definition) is 1. The lowest BCUT2D eigenvalue weighted by molar-refractivity contribution is -0.127. The molecule has 0 atom stereocenters. The van der Waals surface area contributed by atoms with E-state index in [1.165, 1.54) is 0 Å². The summed E-state index contributed by atoms with van der Waals surface area (Å²) in [6.07, 6.45) is 9.30. The largest absolute Gasteiger partial charge is 0.481 e. The number of methoxy groups -OCH3 is 1. The van der Waals surface area contributed by atoms with E-state index in [0.717, 1.165) is 16.7 Å². The third-order valence-corrected chi connectivity index (χ3v) is 6.53. The summed E-state index contributed by atoms with van der Waals surface area (Å²) in [5.41, 5.74) is 3.60. The van der Waals surface area contributed by atoms with E-state index < -0.39 is 5.97 Å². The van der Waals surface area contributed by atoms with Crippen LogP contribution in [0.15, 0.2) is 71.4 Å². The number of aromatic nitrogens is 1. The van der Waals surface area contributed by atoms with E-state index in [-0.39, 0.29) is 11.8 Å². The molecule has 6 nitrogen and oxygen atoms in total. The second kappa shape index (κ2) is 12.4. The topological polar surface area (TPSA) is 79.7 Å². The van der Waals surface area contributed by atoms with Gasteiger partial charge in [0.05, 0.1) is 18.2 Å². The van der Waals surface area contributed by atoms with Crippen molar-refractivity contribution in [3.8, 4) is 5.88 Å². The predicted octanol–water partition coefficient (Wildman–Crippen LogP) is 6.06. The SMILES string of the molecule is CC.COc1ccc(C2=CC=C(C(=O)N3CCC(c4ccccc4C(=O)O)CC3)C(Cl)=CC2)cn1. The Morgan fingerprint density at radius 1 is 1.09 bits per heavy atom. The van der Waals surface area contributed by atoms with Gasteiger partial charge in [-0.1, -0.05) is 55.8 Å². The van der Waals surface area contributed by atoms with Gasteiger partial charge in [0.1, 0.15) is 0 Å². The minimum absolute atomic E-state index is 0.105. The number of halogens is 1. The molecule has 0 saturated carbocycles. The molecule has 1 aliphatic heterocycles. The molecular weight excluding hydrogens is 464 g/mol. The number of nitrogens with zero attached hydrogens (tertiary/aromatic N) is 2. The lowest BCUT2D eigenvalue weighted by Gasteiger charge is -2.33. The average Bonchev–Trinajstić information content (AvgIpc) is 3.11. The van der Waals surface area contributed by atoms with Crippen molar-refractivity contribution in [3.05, 3.63) is 88.1 Å². The van der Waals surface area contributed by atoms with Crippen LogP contribution < -0.4 is 4.74 Å². The first kappa shape index (κ1) is 26.2. The van der Waals surface area contributed by atoms with E-state index in [9.17, 15) is 14.7 Å². The van der Waals surface area contributed by atoms with Crippen molar-refractivity contribution in [2.45, 2.75) is 39.0 Å². The number of benzene rings is 1. The lowest BCUT2D eigenvalue weighted by Crippen LogP contribution is -2.39. The lowest BCUT2D eigenvalue weighted by atomic mass is 9.86. The van der Waals surface area contributed by atoms with Crippen LogP contribution in [0.2, 0.25) is 0 Å². The van der Waals surface area contributed by atoms with Gasteiger partial charge in [-0.2, -0.15) is 0 Å². The van der Waals surface area contributed by atoms with Crippen molar-refractivity contribution in [1.29, 1.82) is 0 Å². The zero-order valence-electron chi connectivity index (χ0n) is 20.3. The van der Waals surface area contributed by atoms with Crippen LogP contribution in [-0.4, -0.2) is 47.1 Å². The van der Waals surface area contributed by atoms with Crippen LogP contribution >= 0.6 is 11.6 Å². The van der Waals surface area contributed by atoms with Crippen molar-refractivity contribution in [2.75, 3.05) is 20.2 Å². The van der Waals surface area contributed by atoms with E-state index in [0.29, 0.717) is 54.4 Å². The van der Waals surface area contributed by atoms with Gasteiger partial charge >= 0.3 is 5.97 Å². The number of likely N-dealkylation sites (tertiary alicyclic amines) is 1. The summed E-state index contributed by atoms with van der Waals surface area (Å²) in [5, 5.41) is 9.92. The number of aromatic carboxylic acids is 1. The third-order valence-electron chi connectivity index (χ3n) is 6.17. The second-order valence-electron chi connectivity index (χ2n) is 8.08. The Bertz CT molecular complexity index is 1140. The van der Waals surface area contributed by atoms with Crippen molar-refractivity contribution >= 4 is 29.1 Å². The number of rotatable bonds is 5. The standard InChI is InChI=1S/C26H25ClN2O4.C2H6/c1-33-24-11-8-19(16-28-24)17-6-9-22(23(27)10-7-17)25(30)29-14-12-18(13-15-29)20-4-2-3-5-21(20)26(31)32;1-2/h2-6,8-11,16,18H,7,12-15H2,1H3,(H,31,32);1-2H3. The Kier molecular flexibility index (Phi) is 9.26. The fourth-order valence-corrected chi connectivity index (χ4v) is 4.55. The number of piperidine rings is 1. The van der Waals surface area contributed by atoms with Gasteiger partial charge in [0.2, 0.25) is 5.88 Å². The van der Waals surface area contributed by atoms with Crippen LogP contribution in [0, 0.1) is 0 Å². The summed E-state index contributed by atoms with van der Waals surface area (Å²) in [7, 11) is 1.57. The van der Waals surface area contributed by atoms with Gasteiger partial charge in [-0.25, -0.2) is 9.78 Å². The number of hydrogen-bond acceptors (Lipinski definition) is 4. The zero-order valence-corrected chi connectivity index (χ0v) is 21.1. The average molecular weight is 495 g/mol. The molecule has 1 saturated heterocycles. The molecule has 2 heterocycles. The summed E-state index contributed by atoms with van der Waals surface area (Å²) < 4.78 is 5.11. The zero-order chi connectivity index (χ0) is 25.4. The molecule has 35 heavy (non-hydrogen) atoms. The highest BCUT2D eigenvalue weighted by atomic mass is 35.5. The van der Waals surface area contributed by atoms with Crippen LogP contribution in [0.1, 0.15) is 60.5 Å². The smallest absolute Gasteiger partial charge is 0.335 e. The fourth-order valence-electron chi connectivity index (χ4n) is 4.33. The maximum absolute atomic E-state index is 13.2. The molecule has 1 aromatic heterocycles.